The number of nitrogens with zero attached hydrogens (tertiary/aromatic N) is 1. The first kappa shape index (κ1) is 16.8. The molecule has 1 saturated heterocycles. The van der Waals surface area contributed by atoms with Crippen LogP contribution in [0, 0.1) is 0 Å². The predicted octanol–water partition coefficient (Wildman–Crippen LogP) is 3.67. The molecule has 2 aromatic rings. The predicted molar refractivity (Wildman–Crippen MR) is 97.4 cm³/mol. The highest BCUT2D eigenvalue weighted by atomic mass is 16.5. The molecule has 1 atom stereocenters. The molecule has 2 aromatic carbocycles. The third kappa shape index (κ3) is 2.51. The molecule has 4 rings (SSSR count). The van der Waals surface area contributed by atoms with Gasteiger partial charge in [-0.1, -0.05) is 24.6 Å². The van der Waals surface area contributed by atoms with Crippen LogP contribution in [0.5, 0.6) is 5.75 Å². The zero-order chi connectivity index (χ0) is 18.1. The van der Waals surface area contributed by atoms with Crippen molar-refractivity contribution in [3.63, 3.8) is 0 Å². The number of carbonyl (C=O) groups is 2. The summed E-state index contributed by atoms with van der Waals surface area (Å²) < 4.78 is 11.3. The van der Waals surface area contributed by atoms with Crippen molar-refractivity contribution in [1.82, 2.24) is 0 Å². The van der Waals surface area contributed by atoms with E-state index < -0.39 is 5.60 Å². The summed E-state index contributed by atoms with van der Waals surface area (Å²) in [5.74, 6) is 0.0639. The summed E-state index contributed by atoms with van der Waals surface area (Å²) in [5, 5.41) is 0. The fourth-order valence-electron chi connectivity index (χ4n) is 3.85. The summed E-state index contributed by atoms with van der Waals surface area (Å²) in [5.41, 5.74) is 0.676. The van der Waals surface area contributed by atoms with Crippen molar-refractivity contribution in [2.75, 3.05) is 18.6 Å². The molecule has 0 aromatic heterocycles. The van der Waals surface area contributed by atoms with Crippen LogP contribution in [0.25, 0.3) is 0 Å². The van der Waals surface area contributed by atoms with Gasteiger partial charge in [-0.2, -0.15) is 0 Å². The zero-order valence-corrected chi connectivity index (χ0v) is 14.7. The Morgan fingerprint density at radius 3 is 2.54 bits per heavy atom. The lowest BCUT2D eigenvalue weighted by Crippen LogP contribution is -2.56. The van der Waals surface area contributed by atoms with Gasteiger partial charge in [0.05, 0.1) is 12.8 Å². The van der Waals surface area contributed by atoms with E-state index in [2.05, 4.69) is 0 Å². The molecule has 2 aliphatic rings. The lowest BCUT2D eigenvalue weighted by Gasteiger charge is -2.41. The Labute approximate surface area is 152 Å². The minimum absolute atomic E-state index is 0.298. The number of hydrogen-bond donors (Lipinski definition) is 0. The number of amides is 2. The number of methoxy groups -OCH3 is 1. The molecule has 0 radical (unpaired) electrons. The second-order valence-corrected chi connectivity index (χ2v) is 6.68. The SMILES string of the molecule is COc1ccc(N2C(=O)c3ccccc3[C@@]3(CCCCCO3)C2=O)cc1. The number of rotatable bonds is 2. The minimum Gasteiger partial charge on any atom is -0.497 e. The first-order valence-electron chi connectivity index (χ1n) is 8.94. The number of imide groups is 1. The molecule has 2 amide bonds. The average molecular weight is 351 g/mol. The Morgan fingerprint density at radius 1 is 1.00 bits per heavy atom. The van der Waals surface area contributed by atoms with E-state index in [-0.39, 0.29) is 11.8 Å². The van der Waals surface area contributed by atoms with E-state index in [0.29, 0.717) is 35.6 Å². The molecule has 0 unspecified atom stereocenters. The van der Waals surface area contributed by atoms with Crippen LogP contribution in [-0.4, -0.2) is 25.5 Å². The molecular formula is C21H21NO4. The van der Waals surface area contributed by atoms with Gasteiger partial charge in [-0.25, -0.2) is 4.90 Å². The van der Waals surface area contributed by atoms with Crippen molar-refractivity contribution in [2.45, 2.75) is 31.3 Å². The molecule has 5 nitrogen and oxygen atoms in total. The van der Waals surface area contributed by atoms with Crippen LogP contribution in [0.2, 0.25) is 0 Å². The van der Waals surface area contributed by atoms with Crippen LogP contribution in [0.15, 0.2) is 48.5 Å². The second-order valence-electron chi connectivity index (χ2n) is 6.68. The second kappa shape index (κ2) is 6.57. The Balaban J connectivity index is 1.86. The minimum atomic E-state index is -1.08. The topological polar surface area (TPSA) is 55.8 Å². The lowest BCUT2D eigenvalue weighted by atomic mass is 9.80. The number of hydrogen-bond acceptors (Lipinski definition) is 4. The maximum absolute atomic E-state index is 13.5. The molecular weight excluding hydrogens is 330 g/mol. The van der Waals surface area contributed by atoms with E-state index in [0.717, 1.165) is 19.3 Å². The maximum Gasteiger partial charge on any atom is 0.270 e. The standard InChI is InChI=1S/C21H21NO4/c1-25-16-11-9-15(10-12-16)22-19(23)17-7-3-4-8-18(17)21(20(22)24)13-5-2-6-14-26-21/h3-4,7-12H,2,5-6,13-14H2,1H3/t21-/m0/s1. The van der Waals surface area contributed by atoms with Crippen molar-refractivity contribution < 1.29 is 19.1 Å². The summed E-state index contributed by atoms with van der Waals surface area (Å²) in [6.45, 7) is 0.519. The third-order valence-corrected chi connectivity index (χ3v) is 5.20. The van der Waals surface area contributed by atoms with Crippen LogP contribution in [0.4, 0.5) is 5.69 Å². The van der Waals surface area contributed by atoms with Crippen molar-refractivity contribution in [3.8, 4) is 5.75 Å². The third-order valence-electron chi connectivity index (χ3n) is 5.20. The van der Waals surface area contributed by atoms with E-state index in [1.807, 2.05) is 18.2 Å². The van der Waals surface area contributed by atoms with Gasteiger partial charge in [0.15, 0.2) is 5.60 Å². The molecule has 2 heterocycles. The monoisotopic (exact) mass is 351 g/mol. The number of ether oxygens (including phenoxy) is 2. The van der Waals surface area contributed by atoms with Gasteiger partial charge >= 0.3 is 0 Å². The fraction of sp³-hybridized carbons (Fsp3) is 0.333. The zero-order valence-electron chi connectivity index (χ0n) is 14.7. The molecule has 134 valence electrons. The van der Waals surface area contributed by atoms with Crippen molar-refractivity contribution in [2.24, 2.45) is 0 Å². The molecule has 1 spiro atoms. The van der Waals surface area contributed by atoms with Gasteiger partial charge in [-0.05, 0) is 49.6 Å². The smallest absolute Gasteiger partial charge is 0.270 e. The molecule has 0 bridgehead atoms. The van der Waals surface area contributed by atoms with Crippen molar-refractivity contribution >= 4 is 17.5 Å². The largest absolute Gasteiger partial charge is 0.497 e. The Bertz CT molecular complexity index is 835. The van der Waals surface area contributed by atoms with Gasteiger partial charge in [0, 0.05) is 17.7 Å². The molecule has 5 heteroatoms. The van der Waals surface area contributed by atoms with Gasteiger partial charge in [0.25, 0.3) is 11.8 Å². The Kier molecular flexibility index (Phi) is 4.24. The van der Waals surface area contributed by atoms with E-state index in [1.165, 1.54) is 4.90 Å². The van der Waals surface area contributed by atoms with E-state index >= 15 is 0 Å². The molecule has 0 saturated carbocycles. The summed E-state index contributed by atoms with van der Waals surface area (Å²) in [7, 11) is 1.58. The first-order chi connectivity index (χ1) is 12.7. The summed E-state index contributed by atoms with van der Waals surface area (Å²) in [6, 6.07) is 14.3. The van der Waals surface area contributed by atoms with Crippen LogP contribution >= 0.6 is 0 Å². The van der Waals surface area contributed by atoms with Crippen molar-refractivity contribution in [3.05, 3.63) is 59.7 Å². The number of anilines is 1. The number of benzene rings is 2. The Morgan fingerprint density at radius 2 is 1.77 bits per heavy atom. The quantitative estimate of drug-likeness (QED) is 0.775. The highest BCUT2D eigenvalue weighted by Gasteiger charge is 2.52. The van der Waals surface area contributed by atoms with Gasteiger partial charge in [-0.15, -0.1) is 0 Å². The molecule has 26 heavy (non-hydrogen) atoms. The maximum atomic E-state index is 13.5. The van der Waals surface area contributed by atoms with Gasteiger partial charge in [-0.3, -0.25) is 9.59 Å². The summed E-state index contributed by atoms with van der Waals surface area (Å²) in [4.78, 5) is 27.9. The highest BCUT2D eigenvalue weighted by Crippen LogP contribution is 2.43. The van der Waals surface area contributed by atoms with Crippen molar-refractivity contribution in [1.29, 1.82) is 0 Å². The van der Waals surface area contributed by atoms with Gasteiger partial charge in [0.1, 0.15) is 5.75 Å². The normalized spacial score (nSPS) is 22.9. The highest BCUT2D eigenvalue weighted by molar-refractivity contribution is 6.27. The molecule has 0 aliphatic carbocycles. The Hall–Kier alpha value is -2.66. The van der Waals surface area contributed by atoms with Gasteiger partial charge in [0.2, 0.25) is 0 Å². The van der Waals surface area contributed by atoms with Crippen LogP contribution < -0.4 is 9.64 Å². The van der Waals surface area contributed by atoms with Crippen LogP contribution in [0.3, 0.4) is 0 Å². The fourth-order valence-corrected chi connectivity index (χ4v) is 3.85. The van der Waals surface area contributed by atoms with Crippen LogP contribution in [-0.2, 0) is 15.1 Å². The summed E-state index contributed by atoms with van der Waals surface area (Å²) in [6.07, 6.45) is 3.43. The van der Waals surface area contributed by atoms with E-state index in [9.17, 15) is 9.59 Å². The summed E-state index contributed by atoms with van der Waals surface area (Å²) >= 11 is 0. The molecule has 0 N–H and O–H groups in total. The number of carbonyl (C=O) groups excluding carboxylic acids is 2. The van der Waals surface area contributed by atoms with E-state index in [1.54, 1.807) is 37.4 Å². The molecule has 1 fully saturated rings. The molecule has 2 aliphatic heterocycles. The van der Waals surface area contributed by atoms with Crippen LogP contribution in [0.1, 0.15) is 41.6 Å². The average Bonchev–Trinajstić information content (AvgIpc) is 2.94. The lowest BCUT2D eigenvalue weighted by molar-refractivity contribution is -0.146. The number of fused-ring (bicyclic) bond motifs is 2. The van der Waals surface area contributed by atoms with E-state index in [4.69, 9.17) is 9.47 Å². The van der Waals surface area contributed by atoms with Gasteiger partial charge < -0.3 is 9.47 Å². The first-order valence-corrected chi connectivity index (χ1v) is 8.94.